The maximum absolute atomic E-state index is 16.9. The van der Waals surface area contributed by atoms with E-state index in [1.807, 2.05) is 0 Å². The number of carbonyl (C=O) groups excluding carboxylic acids is 1. The molecule has 660 valence electrons. The van der Waals surface area contributed by atoms with Crippen LogP contribution in [0.3, 0.4) is 0 Å². The standard InChI is InChI=1S/C108H216O2/c1-37-72-73-74-103(69-33,70-34)86-108(85-102(66-30,67-31)68-32,90-107(82-99(57-21,58-22)59-23,83-100(60-24,61-25)62-26)84-101(63-27,64-28)65-29)89-104(75-92(36,38-2)91(109)110-71-35,87-105(76-93(39-3,40-4)41-5,77-94(42-6,43-7)44-8)78-95(45-9,46-10)47-11)88-106(79-96(48-12,49-13)50-14,80-97(51-15,52-16)53-17)81-98(54-18,55-19)56-20/h37-90H2,1-36H3. The average molecular weight is 1550 g/mol. The molecule has 0 fully saturated rings. The molecule has 0 amide bonds. The highest BCUT2D eigenvalue weighted by Gasteiger charge is 2.62. The molecule has 0 radical (unpaired) electrons. The van der Waals surface area contributed by atoms with Crippen LogP contribution in [0, 0.1) is 92.1 Å². The van der Waals surface area contributed by atoms with Crippen LogP contribution in [0.1, 0.15) is 590 Å². The Morgan fingerprint density at radius 2 is 0.309 bits per heavy atom. The Hall–Kier alpha value is -0.530. The van der Waals surface area contributed by atoms with Crippen LogP contribution < -0.4 is 0 Å². The van der Waals surface area contributed by atoms with E-state index in [-0.39, 0.29) is 92.6 Å². The van der Waals surface area contributed by atoms with Crippen molar-refractivity contribution in [3.63, 3.8) is 0 Å². The van der Waals surface area contributed by atoms with E-state index in [0.717, 1.165) is 12.8 Å². The van der Waals surface area contributed by atoms with Gasteiger partial charge in [-0.3, -0.25) is 4.79 Å². The summed E-state index contributed by atoms with van der Waals surface area (Å²) < 4.78 is 6.95. The summed E-state index contributed by atoms with van der Waals surface area (Å²) in [5, 5.41) is 0. The molecule has 0 N–H and O–H groups in total. The van der Waals surface area contributed by atoms with Crippen LogP contribution >= 0.6 is 0 Å². The maximum Gasteiger partial charge on any atom is 0.311 e. The highest BCUT2D eigenvalue weighted by Crippen LogP contribution is 2.73. The van der Waals surface area contributed by atoms with Crippen LogP contribution in [-0.4, -0.2) is 12.6 Å². The minimum absolute atomic E-state index is 0.0213. The largest absolute Gasteiger partial charge is 0.466 e. The number of hydrogen-bond acceptors (Lipinski definition) is 2. The molecule has 2 atom stereocenters. The van der Waals surface area contributed by atoms with Crippen molar-refractivity contribution in [1.29, 1.82) is 0 Å². The molecule has 2 unspecified atom stereocenters. The lowest BCUT2D eigenvalue weighted by Crippen LogP contribution is -2.53. The van der Waals surface area contributed by atoms with Gasteiger partial charge in [0.05, 0.1) is 12.0 Å². The minimum atomic E-state index is -0.703. The Morgan fingerprint density at radius 3 is 0.436 bits per heavy atom. The van der Waals surface area contributed by atoms with Crippen molar-refractivity contribution in [2.75, 3.05) is 6.61 Å². The minimum Gasteiger partial charge on any atom is -0.466 e. The van der Waals surface area contributed by atoms with Crippen LogP contribution in [0.2, 0.25) is 0 Å². The Kier molecular flexibility index (Phi) is 49.0. The quantitative estimate of drug-likeness (QED) is 0.0448. The molecule has 0 heterocycles. The summed E-state index contributed by atoms with van der Waals surface area (Å²) in [6.45, 7) is 95.2. The molecule has 0 aromatic carbocycles. The molecule has 2 heteroatoms. The van der Waals surface area contributed by atoms with E-state index in [2.05, 4.69) is 249 Å². The summed E-state index contributed by atoms with van der Waals surface area (Å²) in [5.41, 5.74) is 1.13. The highest BCUT2D eigenvalue weighted by molar-refractivity contribution is 5.76. The van der Waals surface area contributed by atoms with Crippen molar-refractivity contribution in [2.45, 2.75) is 590 Å². The molecule has 0 aliphatic carbocycles. The lowest BCUT2D eigenvalue weighted by molar-refractivity contribution is -0.163. The molecule has 0 saturated heterocycles. The second-order valence-electron chi connectivity index (χ2n) is 42.2. The van der Waals surface area contributed by atoms with E-state index in [1.54, 1.807) is 0 Å². The number of hydrogen-bond donors (Lipinski definition) is 0. The zero-order valence-corrected chi connectivity index (χ0v) is 84.0. The Morgan fingerprint density at radius 1 is 0.173 bits per heavy atom. The summed E-state index contributed by atoms with van der Waals surface area (Å²) in [5.74, 6) is 0.111. The molecule has 0 rings (SSSR count). The fourth-order valence-electron chi connectivity index (χ4n) is 28.2. The van der Waals surface area contributed by atoms with Crippen molar-refractivity contribution in [3.05, 3.63) is 0 Å². The monoisotopic (exact) mass is 1550 g/mol. The van der Waals surface area contributed by atoms with Gasteiger partial charge in [-0.15, -0.1) is 0 Å². The second kappa shape index (κ2) is 49.3. The van der Waals surface area contributed by atoms with E-state index < -0.39 is 5.41 Å². The third kappa shape index (κ3) is 27.8. The Balaban J connectivity index is 13.6. The van der Waals surface area contributed by atoms with E-state index in [9.17, 15) is 0 Å². The van der Waals surface area contributed by atoms with Crippen molar-refractivity contribution in [1.82, 2.24) is 0 Å². The number of carbonyl (C=O) groups is 1. The fraction of sp³-hybridized carbons (Fsp3) is 0.991. The van der Waals surface area contributed by atoms with Gasteiger partial charge in [0.15, 0.2) is 0 Å². The molecule has 0 spiro atoms. The molecule has 0 aliphatic heterocycles. The molecule has 0 aliphatic rings. The summed E-state index contributed by atoms with van der Waals surface area (Å²) in [7, 11) is 0. The predicted octanol–water partition coefficient (Wildman–Crippen LogP) is 38.7. The second-order valence-corrected chi connectivity index (χ2v) is 42.2. The van der Waals surface area contributed by atoms with Gasteiger partial charge in [-0.05, 0) is 216 Å². The number of esters is 1. The molecular formula is C108H216O2. The third-order valence-electron chi connectivity index (χ3n) is 38.9. The molecular weight excluding hydrogens is 1330 g/mol. The molecule has 0 saturated carbocycles. The van der Waals surface area contributed by atoms with Crippen LogP contribution in [0.15, 0.2) is 0 Å². The van der Waals surface area contributed by atoms with Gasteiger partial charge in [-0.25, -0.2) is 0 Å². The first-order valence-corrected chi connectivity index (χ1v) is 51.0. The van der Waals surface area contributed by atoms with E-state index >= 15 is 4.79 Å². The number of unbranched alkanes of at least 4 members (excludes halogenated alkanes) is 2. The van der Waals surface area contributed by atoms with Crippen LogP contribution in [0.5, 0.6) is 0 Å². The van der Waals surface area contributed by atoms with Crippen molar-refractivity contribution >= 4 is 5.97 Å². The smallest absolute Gasteiger partial charge is 0.311 e. The summed E-state index contributed by atoms with van der Waals surface area (Å²) >= 11 is 0. The van der Waals surface area contributed by atoms with Crippen molar-refractivity contribution < 1.29 is 9.53 Å². The maximum atomic E-state index is 16.9. The van der Waals surface area contributed by atoms with Gasteiger partial charge in [0.2, 0.25) is 0 Å². The number of ether oxygens (including phenoxy) is 1. The van der Waals surface area contributed by atoms with E-state index in [4.69, 9.17) is 4.74 Å². The van der Waals surface area contributed by atoms with Crippen LogP contribution in [0.25, 0.3) is 0 Å². The lowest BCUT2D eigenvalue weighted by Gasteiger charge is -2.63. The third-order valence-corrected chi connectivity index (χ3v) is 38.9. The van der Waals surface area contributed by atoms with E-state index in [0.29, 0.717) is 6.61 Å². The predicted molar refractivity (Wildman–Crippen MR) is 501 cm³/mol. The van der Waals surface area contributed by atoms with Gasteiger partial charge in [0, 0.05) is 0 Å². The Bertz CT molecular complexity index is 2010. The van der Waals surface area contributed by atoms with Crippen LogP contribution in [-0.2, 0) is 9.53 Å². The van der Waals surface area contributed by atoms with Crippen molar-refractivity contribution in [2.24, 2.45) is 92.1 Å². The zero-order chi connectivity index (χ0) is 85.0. The lowest BCUT2D eigenvalue weighted by atomic mass is 9.42. The van der Waals surface area contributed by atoms with Gasteiger partial charge in [-0.1, -0.05) is 460 Å². The highest BCUT2D eigenvalue weighted by atomic mass is 16.5. The first kappa shape index (κ1) is 109. The number of rotatable bonds is 71. The molecule has 110 heavy (non-hydrogen) atoms. The normalized spacial score (nSPS) is 15.4. The van der Waals surface area contributed by atoms with Gasteiger partial charge >= 0.3 is 5.97 Å². The zero-order valence-electron chi connectivity index (χ0n) is 84.0. The van der Waals surface area contributed by atoms with E-state index in [1.165, 1.54) is 327 Å². The van der Waals surface area contributed by atoms with Gasteiger partial charge in [0.25, 0.3) is 0 Å². The van der Waals surface area contributed by atoms with Gasteiger partial charge in [0.1, 0.15) is 0 Å². The first-order chi connectivity index (χ1) is 51.9. The van der Waals surface area contributed by atoms with Crippen LogP contribution in [0.4, 0.5) is 0 Å². The molecule has 0 aromatic heterocycles. The first-order valence-electron chi connectivity index (χ1n) is 51.0. The summed E-state index contributed by atoms with van der Waals surface area (Å²) in [6, 6.07) is 0. The average Bonchev–Trinajstić information content (AvgIpc) is 0.707. The summed E-state index contributed by atoms with van der Waals surface area (Å²) in [6.07, 6.45) is 66.1. The van der Waals surface area contributed by atoms with Gasteiger partial charge < -0.3 is 4.74 Å². The molecule has 0 bridgehead atoms. The molecule has 2 nitrogen and oxygen atoms in total. The Labute approximate surface area is 699 Å². The van der Waals surface area contributed by atoms with Gasteiger partial charge in [-0.2, -0.15) is 0 Å². The fourth-order valence-corrected chi connectivity index (χ4v) is 28.2. The SMILES string of the molecule is CCCCCC(CC)(CC)CC(CC(CC)(CC)CC)(CC(CC(CC)(CC)CC)(CC(CC)(CC)CC)CC(CC)(CC)CC)CC(CC(CC(CC)(CC)CC)(CC(CC)(CC)CC)CC(CC)(CC)CC)(CC(CC(CC)(CC)CC)(CC(CC)(CC)CC)CC(CC)(CC)CC)CC(C)(CC)C(=O)OCC. The molecule has 0 aromatic rings. The summed E-state index contributed by atoms with van der Waals surface area (Å²) in [4.78, 5) is 16.9. The topological polar surface area (TPSA) is 26.3 Å². The van der Waals surface area contributed by atoms with Crippen molar-refractivity contribution in [3.8, 4) is 0 Å².